The van der Waals surface area contributed by atoms with Gasteiger partial charge < -0.3 is 10.2 Å². The quantitative estimate of drug-likeness (QED) is 0.497. The number of carbonyl (C=O) groups excluding carboxylic acids is 1. The Kier molecular flexibility index (Phi) is 6.52. The summed E-state index contributed by atoms with van der Waals surface area (Å²) in [5.41, 5.74) is 1.03. The van der Waals surface area contributed by atoms with E-state index in [4.69, 9.17) is 0 Å². The van der Waals surface area contributed by atoms with Crippen molar-refractivity contribution in [3.8, 4) is 0 Å². The van der Waals surface area contributed by atoms with Crippen molar-refractivity contribution in [1.29, 1.82) is 0 Å². The normalized spacial score (nSPS) is 15.9. The minimum Gasteiger partial charge on any atom is -0.352 e. The van der Waals surface area contributed by atoms with Crippen molar-refractivity contribution < 1.29 is 9.72 Å². The highest BCUT2D eigenvalue weighted by Crippen LogP contribution is 2.18. The molecule has 6 nitrogen and oxygen atoms in total. The summed E-state index contributed by atoms with van der Waals surface area (Å²) < 4.78 is 0. The SMILES string of the molecule is Cc1cc(C(=O)NCCCN2CCCCCC2)ccc1[N+](=O)[O-]. The topological polar surface area (TPSA) is 75.5 Å². The molecule has 1 aromatic carbocycles. The van der Waals surface area contributed by atoms with Crippen molar-refractivity contribution in [2.24, 2.45) is 0 Å². The standard InChI is InChI=1S/C17H25N3O3/c1-14-13-15(7-8-16(14)20(22)23)17(21)18-9-6-12-19-10-4-2-3-5-11-19/h7-8,13H,2-6,9-12H2,1H3,(H,18,21). The lowest BCUT2D eigenvalue weighted by Gasteiger charge is -2.19. The third-order valence-corrected chi connectivity index (χ3v) is 4.29. The summed E-state index contributed by atoms with van der Waals surface area (Å²) in [5, 5.41) is 13.7. The molecule has 0 aromatic heterocycles. The fourth-order valence-electron chi connectivity index (χ4n) is 2.97. The Morgan fingerprint density at radius 3 is 2.57 bits per heavy atom. The molecule has 0 spiro atoms. The van der Waals surface area contributed by atoms with Crippen molar-refractivity contribution in [3.05, 3.63) is 39.4 Å². The van der Waals surface area contributed by atoms with E-state index in [1.807, 2.05) is 0 Å². The molecule has 23 heavy (non-hydrogen) atoms. The first kappa shape index (κ1) is 17.4. The first-order chi connectivity index (χ1) is 11.1. The van der Waals surface area contributed by atoms with Gasteiger partial charge in [0.05, 0.1) is 4.92 Å². The van der Waals surface area contributed by atoms with Gasteiger partial charge in [0.15, 0.2) is 0 Å². The van der Waals surface area contributed by atoms with Crippen molar-refractivity contribution >= 4 is 11.6 Å². The Morgan fingerprint density at radius 1 is 1.26 bits per heavy atom. The van der Waals surface area contributed by atoms with E-state index in [1.54, 1.807) is 13.0 Å². The lowest BCUT2D eigenvalue weighted by atomic mass is 10.1. The number of hydrogen-bond donors (Lipinski definition) is 1. The largest absolute Gasteiger partial charge is 0.352 e. The fourth-order valence-corrected chi connectivity index (χ4v) is 2.97. The van der Waals surface area contributed by atoms with E-state index in [9.17, 15) is 14.9 Å². The molecular weight excluding hydrogens is 294 g/mol. The summed E-state index contributed by atoms with van der Waals surface area (Å²) in [5.74, 6) is -0.168. The molecule has 6 heteroatoms. The first-order valence-electron chi connectivity index (χ1n) is 8.33. The molecule has 0 saturated carbocycles. The zero-order chi connectivity index (χ0) is 16.7. The number of likely N-dealkylation sites (tertiary alicyclic amines) is 1. The second kappa shape index (κ2) is 8.62. The molecule has 1 N–H and O–H groups in total. The zero-order valence-electron chi connectivity index (χ0n) is 13.7. The zero-order valence-corrected chi connectivity index (χ0v) is 13.7. The summed E-state index contributed by atoms with van der Waals surface area (Å²) in [4.78, 5) is 24.9. The van der Waals surface area contributed by atoms with Gasteiger partial charge in [-0.2, -0.15) is 0 Å². The summed E-state index contributed by atoms with van der Waals surface area (Å²) in [7, 11) is 0. The Bertz CT molecular complexity index is 552. The van der Waals surface area contributed by atoms with E-state index in [2.05, 4.69) is 10.2 Å². The molecule has 1 fully saturated rings. The molecule has 0 radical (unpaired) electrons. The number of carbonyl (C=O) groups is 1. The van der Waals surface area contributed by atoms with Gasteiger partial charge in [-0.15, -0.1) is 0 Å². The number of aryl methyl sites for hydroxylation is 1. The Balaban J connectivity index is 1.76. The van der Waals surface area contributed by atoms with Crippen LogP contribution in [-0.4, -0.2) is 41.9 Å². The highest BCUT2D eigenvalue weighted by molar-refractivity contribution is 5.94. The highest BCUT2D eigenvalue weighted by Gasteiger charge is 2.14. The first-order valence-corrected chi connectivity index (χ1v) is 8.33. The third kappa shape index (κ3) is 5.32. The van der Waals surface area contributed by atoms with E-state index in [0.29, 0.717) is 17.7 Å². The van der Waals surface area contributed by atoms with Crippen LogP contribution in [0.15, 0.2) is 18.2 Å². The van der Waals surface area contributed by atoms with Crippen LogP contribution in [0.3, 0.4) is 0 Å². The summed E-state index contributed by atoms with van der Waals surface area (Å²) in [6.07, 6.45) is 6.13. The fraction of sp³-hybridized carbons (Fsp3) is 0.588. The lowest BCUT2D eigenvalue weighted by molar-refractivity contribution is -0.385. The molecule has 0 unspecified atom stereocenters. The van der Waals surface area contributed by atoms with Crippen LogP contribution in [0.1, 0.15) is 48.0 Å². The summed E-state index contributed by atoms with van der Waals surface area (Å²) in [6, 6.07) is 4.47. The minimum absolute atomic E-state index is 0.0442. The Morgan fingerprint density at radius 2 is 1.96 bits per heavy atom. The predicted molar refractivity (Wildman–Crippen MR) is 89.7 cm³/mol. The van der Waals surface area contributed by atoms with Gasteiger partial charge in [0.2, 0.25) is 0 Å². The molecule has 1 aliphatic rings. The third-order valence-electron chi connectivity index (χ3n) is 4.29. The van der Waals surface area contributed by atoms with Gasteiger partial charge in [0.1, 0.15) is 0 Å². The number of hydrogen-bond acceptors (Lipinski definition) is 4. The van der Waals surface area contributed by atoms with Gasteiger partial charge in [-0.25, -0.2) is 0 Å². The maximum absolute atomic E-state index is 12.1. The second-order valence-electron chi connectivity index (χ2n) is 6.12. The predicted octanol–water partition coefficient (Wildman–Crippen LogP) is 2.90. The van der Waals surface area contributed by atoms with E-state index in [-0.39, 0.29) is 11.6 Å². The molecule has 0 aliphatic carbocycles. The number of nitro benzene ring substituents is 1. The van der Waals surface area contributed by atoms with Crippen LogP contribution in [0.4, 0.5) is 5.69 Å². The van der Waals surface area contributed by atoms with E-state index < -0.39 is 4.92 Å². The molecule has 1 saturated heterocycles. The molecule has 2 rings (SSSR count). The van der Waals surface area contributed by atoms with Crippen LogP contribution in [-0.2, 0) is 0 Å². The maximum atomic E-state index is 12.1. The van der Waals surface area contributed by atoms with Crippen molar-refractivity contribution in [1.82, 2.24) is 10.2 Å². The molecule has 1 amide bonds. The number of nitrogens with one attached hydrogen (secondary N) is 1. The maximum Gasteiger partial charge on any atom is 0.272 e. The van der Waals surface area contributed by atoms with E-state index in [0.717, 1.165) is 26.1 Å². The number of nitro groups is 1. The molecule has 0 bridgehead atoms. The average Bonchev–Trinajstić information content (AvgIpc) is 2.79. The lowest BCUT2D eigenvalue weighted by Crippen LogP contribution is -2.30. The van der Waals surface area contributed by atoms with Crippen LogP contribution in [0, 0.1) is 17.0 Å². The van der Waals surface area contributed by atoms with Crippen molar-refractivity contribution in [2.45, 2.75) is 39.0 Å². The minimum atomic E-state index is -0.432. The smallest absolute Gasteiger partial charge is 0.272 e. The molecule has 1 aromatic rings. The summed E-state index contributed by atoms with van der Waals surface area (Å²) >= 11 is 0. The van der Waals surface area contributed by atoms with Gasteiger partial charge in [-0.3, -0.25) is 14.9 Å². The van der Waals surface area contributed by atoms with Crippen LogP contribution in [0.5, 0.6) is 0 Å². The number of amides is 1. The van der Waals surface area contributed by atoms with E-state index >= 15 is 0 Å². The highest BCUT2D eigenvalue weighted by atomic mass is 16.6. The summed E-state index contributed by atoms with van der Waals surface area (Å²) in [6.45, 7) is 5.62. The van der Waals surface area contributed by atoms with Crippen LogP contribution >= 0.6 is 0 Å². The van der Waals surface area contributed by atoms with Gasteiger partial charge in [-0.1, -0.05) is 12.8 Å². The second-order valence-corrected chi connectivity index (χ2v) is 6.12. The number of rotatable bonds is 6. The Hall–Kier alpha value is -1.95. The molecule has 126 valence electrons. The molecule has 0 atom stereocenters. The van der Waals surface area contributed by atoms with Crippen LogP contribution in [0.2, 0.25) is 0 Å². The molecule has 1 heterocycles. The average molecular weight is 319 g/mol. The van der Waals surface area contributed by atoms with Crippen LogP contribution < -0.4 is 5.32 Å². The van der Waals surface area contributed by atoms with Gasteiger partial charge in [0.25, 0.3) is 11.6 Å². The monoisotopic (exact) mass is 319 g/mol. The molecule has 1 aliphatic heterocycles. The van der Waals surface area contributed by atoms with Gasteiger partial charge in [0, 0.05) is 23.7 Å². The van der Waals surface area contributed by atoms with Crippen molar-refractivity contribution in [2.75, 3.05) is 26.2 Å². The number of nitrogens with zero attached hydrogens (tertiary/aromatic N) is 2. The number of benzene rings is 1. The molecular formula is C17H25N3O3. The van der Waals surface area contributed by atoms with Gasteiger partial charge >= 0.3 is 0 Å². The van der Waals surface area contributed by atoms with Crippen LogP contribution in [0.25, 0.3) is 0 Å². The van der Waals surface area contributed by atoms with Gasteiger partial charge in [-0.05, 0) is 58.0 Å². The van der Waals surface area contributed by atoms with E-state index in [1.165, 1.54) is 37.8 Å². The van der Waals surface area contributed by atoms with Crippen molar-refractivity contribution in [3.63, 3.8) is 0 Å². The Labute approximate surface area is 137 Å².